The third-order valence-corrected chi connectivity index (χ3v) is 2.42. The fourth-order valence-electron chi connectivity index (χ4n) is 0.938. The quantitative estimate of drug-likeness (QED) is 0.512. The monoisotopic (exact) mass is 220 g/mol. The second-order valence-electron chi connectivity index (χ2n) is 3.12. The van der Waals surface area contributed by atoms with Crippen molar-refractivity contribution in [2.24, 2.45) is 0 Å². The van der Waals surface area contributed by atoms with Crippen LogP contribution in [0.4, 0.5) is 0 Å². The average Bonchev–Trinajstić information content (AvgIpc) is 2.15. The maximum Gasteiger partial charge on any atom is 0.244 e. The van der Waals surface area contributed by atoms with Crippen LogP contribution in [0.1, 0.15) is 39.5 Å². The van der Waals surface area contributed by atoms with Crippen molar-refractivity contribution in [3.05, 3.63) is 0 Å². The van der Waals surface area contributed by atoms with Crippen LogP contribution in [0.3, 0.4) is 0 Å². The van der Waals surface area contributed by atoms with Gasteiger partial charge in [0.25, 0.3) is 0 Å². The van der Waals surface area contributed by atoms with Crippen LogP contribution in [0, 0.1) is 0 Å². The first-order valence-corrected chi connectivity index (χ1v) is 6.23. The van der Waals surface area contributed by atoms with Crippen molar-refractivity contribution >= 4 is 15.4 Å². The van der Waals surface area contributed by atoms with Gasteiger partial charge in [0.15, 0.2) is 5.11 Å². The van der Waals surface area contributed by atoms with Gasteiger partial charge in [-0.05, 0) is 12.8 Å². The zero-order chi connectivity index (χ0) is 10.8. The Morgan fingerprint density at radius 1 is 1.00 bits per heavy atom. The molecule has 4 nitrogen and oxygen atoms in total. The molecule has 0 saturated carbocycles. The van der Waals surface area contributed by atoms with Gasteiger partial charge >= 0.3 is 0 Å². The standard InChI is InChI=1S/C9H20N2O2S/c1-3-5-7-10-9(14(12)13)11-8-6-4-2/h10-11H,3-8H2,1-2H3. The van der Waals surface area contributed by atoms with Crippen molar-refractivity contribution in [2.45, 2.75) is 39.5 Å². The summed E-state index contributed by atoms with van der Waals surface area (Å²) >= 11 is 0. The average molecular weight is 220 g/mol. The van der Waals surface area contributed by atoms with E-state index in [1.54, 1.807) is 0 Å². The smallest absolute Gasteiger partial charge is 0.244 e. The number of nitrogens with one attached hydrogen (secondary N) is 2. The molecule has 0 aromatic carbocycles. The van der Waals surface area contributed by atoms with Crippen molar-refractivity contribution < 1.29 is 8.42 Å². The fraction of sp³-hybridized carbons (Fsp3) is 0.889. The highest BCUT2D eigenvalue weighted by Crippen LogP contribution is 1.84. The molecule has 0 radical (unpaired) electrons. The number of rotatable bonds is 6. The molecule has 0 rings (SSSR count). The highest BCUT2D eigenvalue weighted by molar-refractivity contribution is 7.72. The molecule has 0 bridgehead atoms. The molecule has 5 heteroatoms. The first-order chi connectivity index (χ1) is 6.72. The molecule has 0 spiro atoms. The van der Waals surface area contributed by atoms with Crippen LogP contribution in [0.25, 0.3) is 0 Å². The summed E-state index contributed by atoms with van der Waals surface area (Å²) in [5, 5.41) is 5.97. The second-order valence-corrected chi connectivity index (χ2v) is 4.00. The maximum absolute atomic E-state index is 10.7. The van der Waals surface area contributed by atoms with Crippen molar-refractivity contribution in [3.63, 3.8) is 0 Å². The Labute approximate surface area is 87.6 Å². The molecule has 84 valence electrons. The predicted octanol–water partition coefficient (Wildman–Crippen LogP) is 0.732. The van der Waals surface area contributed by atoms with E-state index in [4.69, 9.17) is 0 Å². The van der Waals surface area contributed by atoms with Crippen molar-refractivity contribution in [2.75, 3.05) is 13.1 Å². The van der Waals surface area contributed by atoms with Gasteiger partial charge in [-0.3, -0.25) is 10.6 Å². The van der Waals surface area contributed by atoms with Crippen LogP contribution in [-0.4, -0.2) is 26.6 Å². The third kappa shape index (κ3) is 7.06. The van der Waals surface area contributed by atoms with Gasteiger partial charge in [-0.2, -0.15) is 8.42 Å². The molecule has 0 aromatic heterocycles. The van der Waals surface area contributed by atoms with E-state index in [0.717, 1.165) is 25.7 Å². The van der Waals surface area contributed by atoms with E-state index in [1.165, 1.54) is 0 Å². The zero-order valence-corrected chi connectivity index (χ0v) is 9.78. The van der Waals surface area contributed by atoms with Gasteiger partial charge in [-0.15, -0.1) is 0 Å². The first kappa shape index (κ1) is 13.6. The lowest BCUT2D eigenvalue weighted by atomic mass is 10.3. The Hall–Kier alpha value is -0.390. The van der Waals surface area contributed by atoms with Crippen LogP contribution in [0.5, 0.6) is 0 Å². The van der Waals surface area contributed by atoms with Gasteiger partial charge in [0.2, 0.25) is 10.3 Å². The molecule has 0 aliphatic heterocycles. The Morgan fingerprint density at radius 3 is 1.71 bits per heavy atom. The summed E-state index contributed by atoms with van der Waals surface area (Å²) in [5.74, 6) is 0. The lowest BCUT2D eigenvalue weighted by molar-refractivity contribution is 0.623. The van der Waals surface area contributed by atoms with Gasteiger partial charge in [0.1, 0.15) is 0 Å². The molecular formula is C9H20N2O2S. The van der Waals surface area contributed by atoms with Crippen LogP contribution in [-0.2, 0) is 10.3 Å². The minimum atomic E-state index is -2.17. The Morgan fingerprint density at radius 2 is 1.43 bits per heavy atom. The summed E-state index contributed by atoms with van der Waals surface area (Å²) < 4.78 is 21.5. The summed E-state index contributed by atoms with van der Waals surface area (Å²) in [6.45, 7) is 5.55. The highest BCUT2D eigenvalue weighted by Gasteiger charge is 1.98. The van der Waals surface area contributed by atoms with Gasteiger partial charge in [-0.25, -0.2) is 0 Å². The van der Waals surface area contributed by atoms with Gasteiger partial charge < -0.3 is 0 Å². The van der Waals surface area contributed by atoms with Gasteiger partial charge in [0, 0.05) is 13.1 Å². The Balaban J connectivity index is 3.88. The third-order valence-electron chi connectivity index (χ3n) is 1.80. The number of hydrogen-bond acceptors (Lipinski definition) is 2. The Bertz CT molecular complexity index is 240. The van der Waals surface area contributed by atoms with Crippen molar-refractivity contribution in [1.29, 1.82) is 0 Å². The van der Waals surface area contributed by atoms with Crippen LogP contribution in [0.2, 0.25) is 0 Å². The molecular weight excluding hydrogens is 200 g/mol. The van der Waals surface area contributed by atoms with Crippen LogP contribution < -0.4 is 10.6 Å². The van der Waals surface area contributed by atoms with E-state index >= 15 is 0 Å². The summed E-state index contributed by atoms with van der Waals surface area (Å²) in [7, 11) is -2.17. The summed E-state index contributed by atoms with van der Waals surface area (Å²) in [6, 6.07) is 0. The highest BCUT2D eigenvalue weighted by atomic mass is 32.2. The Kier molecular flexibility index (Phi) is 8.92. The molecule has 0 amide bonds. The molecule has 0 aromatic rings. The van der Waals surface area contributed by atoms with E-state index in [2.05, 4.69) is 24.5 Å². The maximum atomic E-state index is 10.7. The van der Waals surface area contributed by atoms with E-state index in [-0.39, 0.29) is 5.11 Å². The molecule has 2 N–H and O–H groups in total. The molecule has 0 saturated heterocycles. The molecule has 0 aliphatic carbocycles. The largest absolute Gasteiger partial charge is 0.266 e. The molecule has 0 fully saturated rings. The number of hydrogen-bond donors (Lipinski definition) is 2. The van der Waals surface area contributed by atoms with Gasteiger partial charge in [0.05, 0.1) is 0 Å². The predicted molar refractivity (Wildman–Crippen MR) is 59.7 cm³/mol. The van der Waals surface area contributed by atoms with Crippen LogP contribution in [0.15, 0.2) is 0 Å². The summed E-state index contributed by atoms with van der Waals surface area (Å²) in [5.41, 5.74) is 0. The van der Waals surface area contributed by atoms with E-state index in [9.17, 15) is 8.42 Å². The lowest BCUT2D eigenvalue weighted by Crippen LogP contribution is -2.38. The topological polar surface area (TPSA) is 58.2 Å². The van der Waals surface area contributed by atoms with E-state index in [0.29, 0.717) is 13.1 Å². The van der Waals surface area contributed by atoms with Crippen molar-refractivity contribution in [3.8, 4) is 0 Å². The second kappa shape index (κ2) is 9.18. The summed E-state index contributed by atoms with van der Waals surface area (Å²) in [4.78, 5) is 0. The molecule has 14 heavy (non-hydrogen) atoms. The molecule has 0 aliphatic rings. The van der Waals surface area contributed by atoms with Gasteiger partial charge in [-0.1, -0.05) is 26.7 Å². The normalized spacial score (nSPS) is 10.1. The fourth-order valence-corrected chi connectivity index (χ4v) is 1.38. The first-order valence-electron chi connectivity index (χ1n) is 5.16. The zero-order valence-electron chi connectivity index (χ0n) is 8.97. The SMILES string of the molecule is CCCCNC(NCCCC)=S(=O)=O. The van der Waals surface area contributed by atoms with Crippen LogP contribution >= 0.6 is 0 Å². The summed E-state index contributed by atoms with van der Waals surface area (Å²) in [6.07, 6.45) is 4.08. The van der Waals surface area contributed by atoms with E-state index < -0.39 is 10.3 Å². The lowest BCUT2D eigenvalue weighted by Gasteiger charge is -2.05. The minimum Gasteiger partial charge on any atom is -0.266 e. The molecule has 0 unspecified atom stereocenters. The van der Waals surface area contributed by atoms with E-state index in [1.807, 2.05) is 0 Å². The molecule has 0 atom stereocenters. The number of unbranched alkanes of at least 4 members (excludes halogenated alkanes) is 2. The molecule has 0 heterocycles. The minimum absolute atomic E-state index is 0.229. The van der Waals surface area contributed by atoms with Crippen molar-refractivity contribution in [1.82, 2.24) is 10.6 Å².